The van der Waals surface area contributed by atoms with Crippen LogP contribution < -0.4 is 0 Å². The van der Waals surface area contributed by atoms with Crippen LogP contribution in [0.25, 0.3) is 0 Å². The predicted molar refractivity (Wildman–Crippen MR) is 47.4 cm³/mol. The molecule has 0 aromatic carbocycles. The topological polar surface area (TPSA) is 12.4 Å². The van der Waals surface area contributed by atoms with Gasteiger partial charge in [0, 0.05) is 12.4 Å². The molecule has 0 rings (SSSR count). The highest BCUT2D eigenvalue weighted by atomic mass is 14.7. The van der Waals surface area contributed by atoms with E-state index in [1.807, 2.05) is 26.1 Å². The summed E-state index contributed by atoms with van der Waals surface area (Å²) in [7, 11) is 0. The van der Waals surface area contributed by atoms with Gasteiger partial charge < -0.3 is 0 Å². The fraction of sp³-hybridized carbons (Fsp3) is 0.444. The number of hydrogen-bond donors (Lipinski definition) is 0. The van der Waals surface area contributed by atoms with Gasteiger partial charge in [-0.05, 0) is 26.3 Å². The van der Waals surface area contributed by atoms with Crippen molar-refractivity contribution in [3.05, 3.63) is 23.9 Å². The van der Waals surface area contributed by atoms with Crippen LogP contribution >= 0.6 is 0 Å². The van der Waals surface area contributed by atoms with Gasteiger partial charge in [0.1, 0.15) is 0 Å². The standard InChI is InChI=1S/C9H15N/c1-4-5-6-7-10-8-9(2)3/h5-8H,4H2,1-3H3/b6-5+,10-7?. The Morgan fingerprint density at radius 2 is 2.10 bits per heavy atom. The maximum absolute atomic E-state index is 4.03. The second-order valence-corrected chi connectivity index (χ2v) is 2.34. The van der Waals surface area contributed by atoms with Crippen molar-refractivity contribution in [2.45, 2.75) is 27.2 Å². The van der Waals surface area contributed by atoms with E-state index in [0.29, 0.717) is 0 Å². The molecule has 0 aliphatic rings. The molecule has 0 saturated carbocycles. The van der Waals surface area contributed by atoms with Crippen LogP contribution in [0.15, 0.2) is 28.9 Å². The maximum atomic E-state index is 4.03. The van der Waals surface area contributed by atoms with Gasteiger partial charge in [0.05, 0.1) is 0 Å². The first-order valence-corrected chi connectivity index (χ1v) is 3.59. The zero-order valence-electron chi connectivity index (χ0n) is 6.96. The van der Waals surface area contributed by atoms with E-state index < -0.39 is 0 Å². The predicted octanol–water partition coefficient (Wildman–Crippen LogP) is 2.95. The summed E-state index contributed by atoms with van der Waals surface area (Å²) in [6.45, 7) is 6.16. The lowest BCUT2D eigenvalue weighted by Gasteiger charge is -1.80. The molecule has 56 valence electrons. The Kier molecular flexibility index (Phi) is 5.74. The van der Waals surface area contributed by atoms with Crippen molar-refractivity contribution >= 4 is 6.21 Å². The lowest BCUT2D eigenvalue weighted by molar-refractivity contribution is 1.23. The van der Waals surface area contributed by atoms with Crippen LogP contribution in [-0.2, 0) is 0 Å². The number of hydrogen-bond acceptors (Lipinski definition) is 1. The van der Waals surface area contributed by atoms with Crippen molar-refractivity contribution in [2.24, 2.45) is 4.99 Å². The molecular formula is C9H15N. The molecule has 0 heterocycles. The SMILES string of the molecule is CC/C=C/C=NC=C(C)C. The highest BCUT2D eigenvalue weighted by Gasteiger charge is 1.68. The van der Waals surface area contributed by atoms with Gasteiger partial charge in [-0.1, -0.05) is 18.6 Å². The van der Waals surface area contributed by atoms with Crippen LogP contribution in [0, 0.1) is 0 Å². The van der Waals surface area contributed by atoms with Gasteiger partial charge in [0.25, 0.3) is 0 Å². The van der Waals surface area contributed by atoms with Gasteiger partial charge in [-0.3, -0.25) is 4.99 Å². The Hall–Kier alpha value is -0.850. The van der Waals surface area contributed by atoms with E-state index in [4.69, 9.17) is 0 Å². The summed E-state index contributed by atoms with van der Waals surface area (Å²) < 4.78 is 0. The van der Waals surface area contributed by atoms with Gasteiger partial charge in [-0.2, -0.15) is 0 Å². The van der Waals surface area contributed by atoms with Crippen molar-refractivity contribution in [1.29, 1.82) is 0 Å². The van der Waals surface area contributed by atoms with Crippen LogP contribution in [0.4, 0.5) is 0 Å². The molecule has 0 spiro atoms. The van der Waals surface area contributed by atoms with Crippen LogP contribution in [-0.4, -0.2) is 6.21 Å². The van der Waals surface area contributed by atoms with Gasteiger partial charge in [0.2, 0.25) is 0 Å². The largest absolute Gasteiger partial charge is 0.265 e. The second kappa shape index (κ2) is 6.27. The first kappa shape index (κ1) is 9.15. The fourth-order valence-electron chi connectivity index (χ4n) is 0.439. The van der Waals surface area contributed by atoms with Gasteiger partial charge in [0.15, 0.2) is 0 Å². The van der Waals surface area contributed by atoms with Crippen molar-refractivity contribution in [3.63, 3.8) is 0 Å². The molecule has 0 aromatic heterocycles. The highest BCUT2D eigenvalue weighted by molar-refractivity contribution is 5.71. The second-order valence-electron chi connectivity index (χ2n) is 2.34. The lowest BCUT2D eigenvalue weighted by atomic mass is 10.4. The summed E-state index contributed by atoms with van der Waals surface area (Å²) in [5.41, 5.74) is 1.22. The van der Waals surface area contributed by atoms with E-state index in [1.54, 1.807) is 6.21 Å². The lowest BCUT2D eigenvalue weighted by Crippen LogP contribution is -1.64. The van der Waals surface area contributed by atoms with Crippen molar-refractivity contribution < 1.29 is 0 Å². The molecule has 1 heteroatoms. The molecule has 0 saturated heterocycles. The molecule has 0 N–H and O–H groups in total. The average Bonchev–Trinajstić information content (AvgIpc) is 1.87. The Morgan fingerprint density at radius 1 is 1.40 bits per heavy atom. The molecule has 0 atom stereocenters. The monoisotopic (exact) mass is 137 g/mol. The third-order valence-corrected chi connectivity index (χ3v) is 0.877. The number of nitrogens with zero attached hydrogens (tertiary/aromatic N) is 1. The van der Waals surface area contributed by atoms with Crippen LogP contribution in [0.5, 0.6) is 0 Å². The quantitative estimate of drug-likeness (QED) is 0.530. The van der Waals surface area contributed by atoms with Gasteiger partial charge in [-0.15, -0.1) is 0 Å². The summed E-state index contributed by atoms with van der Waals surface area (Å²) in [5.74, 6) is 0. The summed E-state index contributed by atoms with van der Waals surface area (Å²) in [6.07, 6.45) is 8.75. The summed E-state index contributed by atoms with van der Waals surface area (Å²) in [4.78, 5) is 4.03. The van der Waals surface area contributed by atoms with E-state index >= 15 is 0 Å². The third kappa shape index (κ3) is 7.15. The van der Waals surface area contributed by atoms with Crippen LogP contribution in [0.2, 0.25) is 0 Å². The van der Waals surface area contributed by atoms with Crippen LogP contribution in [0.1, 0.15) is 27.2 Å². The minimum absolute atomic E-state index is 1.07. The molecule has 0 aliphatic carbocycles. The Balaban J connectivity index is 3.57. The van der Waals surface area contributed by atoms with Gasteiger partial charge >= 0.3 is 0 Å². The van der Waals surface area contributed by atoms with Crippen molar-refractivity contribution in [1.82, 2.24) is 0 Å². The number of aliphatic imine (C=N–C) groups is 1. The number of rotatable bonds is 3. The minimum atomic E-state index is 1.07. The fourth-order valence-corrected chi connectivity index (χ4v) is 0.439. The van der Waals surface area contributed by atoms with Crippen molar-refractivity contribution in [3.8, 4) is 0 Å². The molecule has 0 fully saturated rings. The molecule has 10 heavy (non-hydrogen) atoms. The summed E-state index contributed by atoms with van der Waals surface area (Å²) in [5, 5.41) is 0. The molecular weight excluding hydrogens is 122 g/mol. The molecule has 0 bridgehead atoms. The zero-order chi connectivity index (χ0) is 7.82. The smallest absolute Gasteiger partial charge is 0.0264 e. The molecule has 0 aliphatic heterocycles. The number of allylic oxidation sites excluding steroid dienone is 3. The van der Waals surface area contributed by atoms with E-state index in [2.05, 4.69) is 18.0 Å². The Morgan fingerprint density at radius 3 is 2.60 bits per heavy atom. The summed E-state index contributed by atoms with van der Waals surface area (Å²) in [6, 6.07) is 0. The minimum Gasteiger partial charge on any atom is -0.265 e. The average molecular weight is 137 g/mol. The Labute approximate surface area is 63.2 Å². The third-order valence-electron chi connectivity index (χ3n) is 0.877. The van der Waals surface area contributed by atoms with Gasteiger partial charge in [-0.25, -0.2) is 0 Å². The molecule has 1 nitrogen and oxygen atoms in total. The molecule has 0 unspecified atom stereocenters. The van der Waals surface area contributed by atoms with E-state index in [1.165, 1.54) is 5.57 Å². The first-order chi connectivity index (χ1) is 4.77. The molecule has 0 radical (unpaired) electrons. The normalized spacial score (nSPS) is 11.1. The molecule has 0 aromatic rings. The summed E-state index contributed by atoms with van der Waals surface area (Å²) >= 11 is 0. The van der Waals surface area contributed by atoms with Crippen LogP contribution in [0.3, 0.4) is 0 Å². The van der Waals surface area contributed by atoms with E-state index in [0.717, 1.165) is 6.42 Å². The maximum Gasteiger partial charge on any atom is 0.0264 e. The van der Waals surface area contributed by atoms with E-state index in [-0.39, 0.29) is 0 Å². The highest BCUT2D eigenvalue weighted by Crippen LogP contribution is 1.87. The Bertz CT molecular complexity index is 148. The zero-order valence-corrected chi connectivity index (χ0v) is 6.96. The first-order valence-electron chi connectivity index (χ1n) is 3.59. The molecule has 0 amide bonds. The van der Waals surface area contributed by atoms with E-state index in [9.17, 15) is 0 Å². The van der Waals surface area contributed by atoms with Crippen molar-refractivity contribution in [2.75, 3.05) is 0 Å².